The first-order valence-corrected chi connectivity index (χ1v) is 9.27. The number of nitrogens with one attached hydrogen (secondary N) is 1. The maximum atomic E-state index is 13.3. The minimum atomic E-state index is -4.72. The second kappa shape index (κ2) is 8.29. The van der Waals surface area contributed by atoms with E-state index in [0.717, 1.165) is 17.8 Å². The summed E-state index contributed by atoms with van der Waals surface area (Å²) in [5.74, 6) is -1.04. The molecule has 0 saturated heterocycles. The van der Waals surface area contributed by atoms with Crippen molar-refractivity contribution in [1.29, 1.82) is 5.26 Å². The molecule has 1 unspecified atom stereocenters. The lowest BCUT2D eigenvalue weighted by Crippen LogP contribution is -2.17. The number of alkyl halides is 3. The number of carbonyl (C=O) groups is 2. The van der Waals surface area contributed by atoms with E-state index in [2.05, 4.69) is 9.97 Å². The zero-order valence-corrected chi connectivity index (χ0v) is 17.1. The molecule has 0 saturated carbocycles. The van der Waals surface area contributed by atoms with Gasteiger partial charge >= 0.3 is 12.1 Å². The van der Waals surface area contributed by atoms with E-state index in [9.17, 15) is 28.0 Å². The van der Waals surface area contributed by atoms with E-state index in [4.69, 9.17) is 4.74 Å². The number of methoxy groups -OCH3 is 1. The number of hydrogen-bond acceptors (Lipinski definition) is 6. The van der Waals surface area contributed by atoms with Crippen molar-refractivity contribution >= 4 is 23.5 Å². The van der Waals surface area contributed by atoms with Crippen LogP contribution >= 0.6 is 11.8 Å². The highest BCUT2D eigenvalue weighted by Crippen LogP contribution is 2.37. The number of esters is 1. The SMILES string of the molecule is COC(=O)c1c(C)[nH]c(C(=O)C(C)Sc2nc(C)cc(C(F)(F)F)c2C#N)c1C. The summed E-state index contributed by atoms with van der Waals surface area (Å²) in [6.45, 7) is 6.07. The van der Waals surface area contributed by atoms with Gasteiger partial charge in [0.15, 0.2) is 5.78 Å². The molecule has 0 aliphatic heterocycles. The summed E-state index contributed by atoms with van der Waals surface area (Å²) in [4.78, 5) is 31.6. The zero-order chi connectivity index (χ0) is 22.1. The second-order valence-electron chi connectivity index (χ2n) is 6.34. The number of pyridine rings is 1. The number of rotatable bonds is 5. The van der Waals surface area contributed by atoms with Crippen molar-refractivity contribution in [3.05, 3.63) is 45.4 Å². The minimum Gasteiger partial charge on any atom is -0.465 e. The Balaban J connectivity index is 2.43. The van der Waals surface area contributed by atoms with Crippen LogP contribution in [0.3, 0.4) is 0 Å². The van der Waals surface area contributed by atoms with Crippen LogP contribution in [0.25, 0.3) is 0 Å². The monoisotopic (exact) mass is 425 g/mol. The van der Waals surface area contributed by atoms with E-state index in [0.29, 0.717) is 11.3 Å². The zero-order valence-electron chi connectivity index (χ0n) is 16.3. The number of H-pyrrole nitrogens is 1. The topological polar surface area (TPSA) is 95.8 Å². The van der Waals surface area contributed by atoms with Crippen molar-refractivity contribution in [1.82, 2.24) is 9.97 Å². The van der Waals surface area contributed by atoms with Gasteiger partial charge in [-0.15, -0.1) is 0 Å². The van der Waals surface area contributed by atoms with Gasteiger partial charge in [-0.05, 0) is 39.3 Å². The Morgan fingerprint density at radius 1 is 1.31 bits per heavy atom. The number of ether oxygens (including phenoxy) is 1. The summed E-state index contributed by atoms with van der Waals surface area (Å²) >= 11 is 0.761. The molecule has 29 heavy (non-hydrogen) atoms. The summed E-state index contributed by atoms with van der Waals surface area (Å²) in [5.41, 5.74) is -0.402. The molecule has 0 aromatic carbocycles. The molecule has 2 heterocycles. The van der Waals surface area contributed by atoms with Gasteiger partial charge in [0.25, 0.3) is 0 Å². The highest BCUT2D eigenvalue weighted by Gasteiger charge is 2.36. The molecule has 2 aromatic rings. The van der Waals surface area contributed by atoms with Crippen LogP contribution in [-0.4, -0.2) is 34.1 Å². The van der Waals surface area contributed by atoms with Gasteiger partial charge in [0, 0.05) is 11.4 Å². The Bertz CT molecular complexity index is 1020. The van der Waals surface area contributed by atoms with E-state index in [1.165, 1.54) is 21.0 Å². The average Bonchev–Trinajstić information content (AvgIpc) is 2.93. The van der Waals surface area contributed by atoms with Crippen LogP contribution < -0.4 is 0 Å². The van der Waals surface area contributed by atoms with E-state index < -0.39 is 34.3 Å². The molecule has 0 aliphatic rings. The number of aryl methyl sites for hydroxylation is 2. The molecule has 10 heteroatoms. The quantitative estimate of drug-likeness (QED) is 0.434. The van der Waals surface area contributed by atoms with Crippen LogP contribution in [0.1, 0.15) is 55.8 Å². The van der Waals surface area contributed by atoms with Crippen molar-refractivity contribution in [2.24, 2.45) is 0 Å². The maximum absolute atomic E-state index is 13.3. The molecule has 1 atom stereocenters. The number of aromatic nitrogens is 2. The van der Waals surface area contributed by atoms with Crippen LogP contribution in [0.5, 0.6) is 0 Å². The molecule has 0 radical (unpaired) electrons. The molecule has 0 amide bonds. The van der Waals surface area contributed by atoms with Gasteiger partial charge in [0.2, 0.25) is 0 Å². The van der Waals surface area contributed by atoms with E-state index >= 15 is 0 Å². The fraction of sp³-hybridized carbons (Fsp3) is 0.368. The minimum absolute atomic E-state index is 0.0818. The highest BCUT2D eigenvalue weighted by molar-refractivity contribution is 8.00. The summed E-state index contributed by atoms with van der Waals surface area (Å²) in [5, 5.41) is 8.22. The van der Waals surface area contributed by atoms with Crippen molar-refractivity contribution in [2.75, 3.05) is 7.11 Å². The predicted octanol–water partition coefficient (Wildman–Crippen LogP) is 4.38. The summed E-state index contributed by atoms with van der Waals surface area (Å²) < 4.78 is 44.5. The Labute approximate surface area is 169 Å². The van der Waals surface area contributed by atoms with Gasteiger partial charge < -0.3 is 9.72 Å². The fourth-order valence-corrected chi connectivity index (χ4v) is 3.92. The summed E-state index contributed by atoms with van der Waals surface area (Å²) in [7, 11) is 1.22. The number of halogens is 3. The largest absolute Gasteiger partial charge is 0.465 e. The fourth-order valence-electron chi connectivity index (χ4n) is 2.89. The molecule has 0 aliphatic carbocycles. The molecular formula is C19H18F3N3O3S. The number of ketones is 1. The Morgan fingerprint density at radius 3 is 2.45 bits per heavy atom. The maximum Gasteiger partial charge on any atom is 0.417 e. The number of aromatic amines is 1. The van der Waals surface area contributed by atoms with E-state index in [1.54, 1.807) is 19.9 Å². The molecule has 0 fully saturated rings. The van der Waals surface area contributed by atoms with Crippen LogP contribution in [-0.2, 0) is 10.9 Å². The molecular weight excluding hydrogens is 407 g/mol. The third-order valence-corrected chi connectivity index (χ3v) is 5.35. The number of hydrogen-bond donors (Lipinski definition) is 1. The first kappa shape index (κ1) is 22.5. The van der Waals surface area contributed by atoms with E-state index in [-0.39, 0.29) is 22.0 Å². The predicted molar refractivity (Wildman–Crippen MR) is 99.9 cm³/mol. The molecule has 6 nitrogen and oxygen atoms in total. The number of nitriles is 1. The lowest BCUT2D eigenvalue weighted by Gasteiger charge is -2.15. The Hall–Kier alpha value is -2.80. The third kappa shape index (κ3) is 4.45. The van der Waals surface area contributed by atoms with Crippen LogP contribution in [0.15, 0.2) is 11.1 Å². The van der Waals surface area contributed by atoms with Gasteiger partial charge in [0.05, 0.1) is 34.7 Å². The summed E-state index contributed by atoms with van der Waals surface area (Å²) in [6, 6.07) is 2.35. The number of nitrogens with zero attached hydrogens (tertiary/aromatic N) is 2. The third-order valence-electron chi connectivity index (χ3n) is 4.26. The molecule has 2 aromatic heterocycles. The first-order chi connectivity index (χ1) is 13.4. The second-order valence-corrected chi connectivity index (χ2v) is 7.67. The lowest BCUT2D eigenvalue weighted by molar-refractivity contribution is -0.138. The van der Waals surface area contributed by atoms with Crippen molar-refractivity contribution < 1.29 is 27.5 Å². The first-order valence-electron chi connectivity index (χ1n) is 8.39. The summed E-state index contributed by atoms with van der Waals surface area (Å²) in [6.07, 6.45) is -4.72. The number of carbonyl (C=O) groups excluding carboxylic acids is 2. The van der Waals surface area contributed by atoms with Crippen LogP contribution in [0.4, 0.5) is 13.2 Å². The van der Waals surface area contributed by atoms with Crippen molar-refractivity contribution in [3.63, 3.8) is 0 Å². The van der Waals surface area contributed by atoms with Gasteiger partial charge in [-0.1, -0.05) is 11.8 Å². The molecule has 0 spiro atoms. The van der Waals surface area contributed by atoms with E-state index in [1.807, 2.05) is 0 Å². The van der Waals surface area contributed by atoms with Gasteiger partial charge in [-0.2, -0.15) is 18.4 Å². The van der Waals surface area contributed by atoms with Gasteiger partial charge in [-0.25, -0.2) is 9.78 Å². The molecule has 2 rings (SSSR count). The number of Topliss-reactive ketones (excluding diaryl/α,β-unsaturated/α-hetero) is 1. The van der Waals surface area contributed by atoms with Gasteiger partial charge in [-0.3, -0.25) is 4.79 Å². The Kier molecular flexibility index (Phi) is 6.43. The molecule has 1 N–H and O–H groups in total. The molecule has 0 bridgehead atoms. The van der Waals surface area contributed by atoms with Gasteiger partial charge in [0.1, 0.15) is 11.1 Å². The highest BCUT2D eigenvalue weighted by atomic mass is 32.2. The van der Waals surface area contributed by atoms with Crippen LogP contribution in [0, 0.1) is 32.1 Å². The van der Waals surface area contributed by atoms with Crippen molar-refractivity contribution in [2.45, 2.75) is 44.1 Å². The molecule has 154 valence electrons. The van der Waals surface area contributed by atoms with Crippen molar-refractivity contribution in [3.8, 4) is 6.07 Å². The standard InChI is InChI=1S/C19H18F3N3O3S/c1-8-6-13(19(20,21)22)12(7-23)17(24-8)29-11(4)16(26)15-9(2)14(10(3)25-15)18(27)28-5/h6,11,25H,1-5H3. The Morgan fingerprint density at radius 2 is 1.93 bits per heavy atom. The lowest BCUT2D eigenvalue weighted by atomic mass is 10.1. The van der Waals surface area contributed by atoms with Crippen LogP contribution in [0.2, 0.25) is 0 Å². The average molecular weight is 425 g/mol. The number of thioether (sulfide) groups is 1. The smallest absolute Gasteiger partial charge is 0.417 e. The normalized spacial score (nSPS) is 12.4.